The van der Waals surface area contributed by atoms with Gasteiger partial charge in [0.1, 0.15) is 6.10 Å². The Morgan fingerprint density at radius 1 is 1.04 bits per heavy atom. The van der Waals surface area contributed by atoms with Gasteiger partial charge in [0.15, 0.2) is 0 Å². The first-order chi connectivity index (χ1) is 13.8. The number of carbonyl (C=O) groups excluding carboxylic acids is 1. The van der Waals surface area contributed by atoms with Crippen LogP contribution in [0.3, 0.4) is 0 Å². The molecule has 2 fully saturated rings. The number of aromatic nitrogens is 1. The van der Waals surface area contributed by atoms with E-state index in [1.165, 1.54) is 5.56 Å². The topological polar surface area (TPSA) is 54.6 Å². The van der Waals surface area contributed by atoms with Crippen LogP contribution in [0, 0.1) is 0 Å². The average Bonchev–Trinajstić information content (AvgIpc) is 3.14. The molecule has 1 N–H and O–H groups in total. The zero-order valence-corrected chi connectivity index (χ0v) is 15.7. The maximum Gasteiger partial charge on any atom is 0.340 e. The highest BCUT2D eigenvalue weighted by molar-refractivity contribution is 6.04. The smallest absolute Gasteiger partial charge is 0.340 e. The molecular formula is C23H24N2O3. The lowest BCUT2D eigenvalue weighted by Crippen LogP contribution is -2.58. The van der Waals surface area contributed by atoms with E-state index < -0.39 is 0 Å². The lowest BCUT2D eigenvalue weighted by molar-refractivity contribution is -0.111. The van der Waals surface area contributed by atoms with E-state index in [0.717, 1.165) is 30.3 Å². The molecule has 2 saturated heterocycles. The van der Waals surface area contributed by atoms with Crippen LogP contribution in [0.5, 0.6) is 0 Å². The summed E-state index contributed by atoms with van der Waals surface area (Å²) in [5.74, 6) is -0.238. The molecule has 2 aliphatic rings. The zero-order valence-electron chi connectivity index (χ0n) is 15.7. The number of morpholine rings is 1. The van der Waals surface area contributed by atoms with Crippen LogP contribution in [0.4, 0.5) is 0 Å². The number of benzene rings is 2. The molecule has 2 aromatic carbocycles. The van der Waals surface area contributed by atoms with Crippen molar-refractivity contribution in [1.82, 2.24) is 9.88 Å². The number of hydrogen-bond donors (Lipinski definition) is 1. The maximum atomic E-state index is 12.8. The highest BCUT2D eigenvalue weighted by atomic mass is 16.5. The first kappa shape index (κ1) is 17.5. The van der Waals surface area contributed by atoms with E-state index in [4.69, 9.17) is 9.47 Å². The van der Waals surface area contributed by atoms with Crippen LogP contribution in [-0.4, -0.2) is 47.3 Å². The molecule has 3 heterocycles. The molecule has 2 atom stereocenters. The second-order valence-corrected chi connectivity index (χ2v) is 7.75. The van der Waals surface area contributed by atoms with Crippen LogP contribution >= 0.6 is 0 Å². The Hall–Kier alpha value is -2.63. The molecule has 144 valence electrons. The molecule has 2 bridgehead atoms. The van der Waals surface area contributed by atoms with E-state index in [2.05, 4.69) is 34.1 Å². The summed E-state index contributed by atoms with van der Waals surface area (Å²) in [5, 5.41) is 0.914. The average molecular weight is 376 g/mol. The van der Waals surface area contributed by atoms with Gasteiger partial charge in [-0.05, 0) is 11.6 Å². The van der Waals surface area contributed by atoms with E-state index in [-0.39, 0.29) is 24.2 Å². The number of ether oxygens (including phenoxy) is 2. The number of nitrogens with zero attached hydrogens (tertiary/aromatic N) is 1. The maximum absolute atomic E-state index is 12.8. The second kappa shape index (κ2) is 7.41. The number of nitrogens with one attached hydrogen (secondary N) is 1. The summed E-state index contributed by atoms with van der Waals surface area (Å²) in [5.41, 5.74) is 2.88. The Balaban J connectivity index is 1.29. The van der Waals surface area contributed by atoms with Gasteiger partial charge in [-0.1, -0.05) is 48.5 Å². The van der Waals surface area contributed by atoms with Crippen LogP contribution in [0.2, 0.25) is 0 Å². The first-order valence-electron chi connectivity index (χ1n) is 9.92. The van der Waals surface area contributed by atoms with Crippen molar-refractivity contribution in [3.8, 4) is 0 Å². The number of esters is 1. The molecule has 28 heavy (non-hydrogen) atoms. The van der Waals surface area contributed by atoms with Gasteiger partial charge < -0.3 is 14.5 Å². The number of aromatic amines is 1. The third-order valence-corrected chi connectivity index (χ3v) is 5.92. The third kappa shape index (κ3) is 3.32. The molecule has 0 spiro atoms. The van der Waals surface area contributed by atoms with Crippen LogP contribution < -0.4 is 0 Å². The molecular weight excluding hydrogens is 352 g/mol. The molecule has 0 saturated carbocycles. The van der Waals surface area contributed by atoms with Gasteiger partial charge in [-0.2, -0.15) is 0 Å². The van der Waals surface area contributed by atoms with Crippen LogP contribution in [-0.2, 0) is 16.0 Å². The highest BCUT2D eigenvalue weighted by Crippen LogP contribution is 2.31. The molecule has 3 aromatic rings. The van der Waals surface area contributed by atoms with Gasteiger partial charge in [-0.15, -0.1) is 0 Å². The number of piperidine rings is 1. The van der Waals surface area contributed by atoms with Crippen LogP contribution in [0.1, 0.15) is 28.8 Å². The fourth-order valence-corrected chi connectivity index (χ4v) is 4.54. The van der Waals surface area contributed by atoms with Crippen molar-refractivity contribution in [2.24, 2.45) is 0 Å². The molecule has 5 rings (SSSR count). The van der Waals surface area contributed by atoms with Gasteiger partial charge >= 0.3 is 5.97 Å². The molecule has 5 heteroatoms. The predicted octanol–water partition coefficient (Wildman–Crippen LogP) is 3.76. The quantitative estimate of drug-likeness (QED) is 0.705. The molecule has 0 aliphatic carbocycles. The fourth-order valence-electron chi connectivity index (χ4n) is 4.54. The van der Waals surface area contributed by atoms with Crippen molar-refractivity contribution in [3.63, 3.8) is 0 Å². The summed E-state index contributed by atoms with van der Waals surface area (Å²) in [7, 11) is 0. The number of H-pyrrole nitrogens is 1. The van der Waals surface area contributed by atoms with Crippen molar-refractivity contribution >= 4 is 16.9 Å². The Morgan fingerprint density at radius 2 is 1.75 bits per heavy atom. The molecule has 5 nitrogen and oxygen atoms in total. The predicted molar refractivity (Wildman–Crippen MR) is 107 cm³/mol. The van der Waals surface area contributed by atoms with Crippen LogP contribution in [0.25, 0.3) is 10.9 Å². The van der Waals surface area contributed by atoms with Gasteiger partial charge in [0, 0.05) is 48.6 Å². The summed E-state index contributed by atoms with van der Waals surface area (Å²) < 4.78 is 11.7. The second-order valence-electron chi connectivity index (χ2n) is 7.75. The number of hydrogen-bond acceptors (Lipinski definition) is 4. The summed E-state index contributed by atoms with van der Waals surface area (Å²) in [6.45, 7) is 2.32. The largest absolute Gasteiger partial charge is 0.459 e. The number of carbonyl (C=O) groups is 1. The lowest BCUT2D eigenvalue weighted by Gasteiger charge is -2.48. The summed E-state index contributed by atoms with van der Waals surface area (Å²) >= 11 is 0. The van der Waals surface area contributed by atoms with Crippen molar-refractivity contribution in [2.45, 2.75) is 37.6 Å². The number of para-hydroxylation sites is 1. The Kier molecular flexibility index (Phi) is 4.63. The van der Waals surface area contributed by atoms with Crippen molar-refractivity contribution in [3.05, 3.63) is 71.9 Å². The molecule has 0 radical (unpaired) electrons. The Bertz CT molecular complexity index is 954. The first-order valence-corrected chi connectivity index (χ1v) is 9.92. The highest BCUT2D eigenvalue weighted by Gasteiger charge is 2.40. The van der Waals surface area contributed by atoms with E-state index in [9.17, 15) is 4.79 Å². The molecule has 2 unspecified atom stereocenters. The Morgan fingerprint density at radius 3 is 2.54 bits per heavy atom. The van der Waals surface area contributed by atoms with Crippen molar-refractivity contribution in [2.75, 3.05) is 13.2 Å². The van der Waals surface area contributed by atoms with Crippen LogP contribution in [0.15, 0.2) is 60.8 Å². The minimum Gasteiger partial charge on any atom is -0.459 e. The van der Waals surface area contributed by atoms with Gasteiger partial charge in [0.25, 0.3) is 0 Å². The van der Waals surface area contributed by atoms with Gasteiger partial charge in [0.2, 0.25) is 0 Å². The normalized spacial score (nSPS) is 24.9. The van der Waals surface area contributed by atoms with Gasteiger partial charge in [-0.25, -0.2) is 4.79 Å². The minimum absolute atomic E-state index is 0.0629. The lowest BCUT2D eigenvalue weighted by atomic mass is 9.91. The zero-order chi connectivity index (χ0) is 18.9. The van der Waals surface area contributed by atoms with E-state index >= 15 is 0 Å². The molecule has 1 aromatic heterocycles. The molecule has 2 aliphatic heterocycles. The van der Waals surface area contributed by atoms with Gasteiger partial charge in [0.05, 0.1) is 18.8 Å². The summed E-state index contributed by atoms with van der Waals surface area (Å²) in [6, 6.07) is 18.9. The third-order valence-electron chi connectivity index (χ3n) is 5.92. The fraction of sp³-hybridized carbons (Fsp3) is 0.348. The van der Waals surface area contributed by atoms with Crippen molar-refractivity contribution in [1.29, 1.82) is 0 Å². The number of fused-ring (bicyclic) bond motifs is 3. The van der Waals surface area contributed by atoms with E-state index in [1.807, 2.05) is 30.3 Å². The number of rotatable bonds is 4. The summed E-state index contributed by atoms with van der Waals surface area (Å²) in [4.78, 5) is 18.5. The SMILES string of the molecule is O=C(OC1CC2COCC(C1)N2Cc1ccccc1)c1c[nH]c2ccccc12. The standard InChI is InChI=1S/C23H24N2O3/c26-23(21-12-24-22-9-5-4-8-20(21)22)28-19-10-17-14-27-15-18(11-19)25(17)13-16-6-2-1-3-7-16/h1-9,12,17-19,24H,10-11,13-15H2. The monoisotopic (exact) mass is 376 g/mol. The van der Waals surface area contributed by atoms with E-state index in [0.29, 0.717) is 18.8 Å². The summed E-state index contributed by atoms with van der Waals surface area (Å²) in [6.07, 6.45) is 3.32. The van der Waals surface area contributed by atoms with E-state index in [1.54, 1.807) is 6.20 Å². The molecule has 0 amide bonds. The van der Waals surface area contributed by atoms with Gasteiger partial charge in [-0.3, -0.25) is 4.90 Å². The van der Waals surface area contributed by atoms with Crippen molar-refractivity contribution < 1.29 is 14.3 Å². The Labute approximate surface area is 164 Å². The minimum atomic E-state index is -0.238.